The molecule has 0 saturated heterocycles. The Bertz CT molecular complexity index is 2440. The van der Waals surface area contributed by atoms with Crippen LogP contribution in [0.2, 0.25) is 0 Å². The number of aromatic nitrogens is 6. The quantitative estimate of drug-likeness (QED) is 0.0418. The number of hydrogen-bond acceptors (Lipinski definition) is 18. The van der Waals surface area contributed by atoms with Crippen molar-refractivity contribution in [1.82, 2.24) is 56.6 Å². The average Bonchev–Trinajstić information content (AvgIpc) is 3.95. The molecule has 0 spiro atoms. The van der Waals surface area contributed by atoms with Crippen LogP contribution < -0.4 is 36.1 Å². The SMILES string of the molecule is COC(=O)[C@H](CC(C)C)NC(=O)[C@H](Cn1cc(-c2ccc([N+](=O)[O-])cc2[N+](=O)[O-])nn1)NC(=O)CNC(=O)CNC(=O)[C@H](Cn1cc(-c2cc(OC)cc(OC)c2)nn1)NC(=O)OC(C)(C)C. The molecule has 2 aromatic carbocycles. The first-order valence-electron chi connectivity index (χ1n) is 20.3. The van der Waals surface area contributed by atoms with E-state index in [0.29, 0.717) is 22.8 Å². The molecule has 0 aliphatic carbocycles. The van der Waals surface area contributed by atoms with Gasteiger partial charge in [0.05, 0.1) is 81.4 Å². The number of non-ortho nitro benzene ring substituents is 1. The second kappa shape index (κ2) is 23.1. The molecule has 5 N–H and O–H groups in total. The van der Waals surface area contributed by atoms with Crippen LogP contribution in [-0.4, -0.2) is 134 Å². The minimum atomic E-state index is -1.51. The normalized spacial score (nSPS) is 12.4. The molecular weight excluding hydrogens is 887 g/mol. The first kappa shape index (κ1) is 51.4. The summed E-state index contributed by atoms with van der Waals surface area (Å²) in [6, 6.07) is 3.96. The van der Waals surface area contributed by atoms with Crippen LogP contribution in [0.15, 0.2) is 48.8 Å². The third-order valence-electron chi connectivity index (χ3n) is 9.17. The number of ether oxygens (including phenoxy) is 4. The van der Waals surface area contributed by atoms with Crippen molar-refractivity contribution in [3.63, 3.8) is 0 Å². The zero-order valence-corrected chi connectivity index (χ0v) is 37.8. The molecule has 27 heteroatoms. The van der Waals surface area contributed by atoms with E-state index in [0.717, 1.165) is 30.0 Å². The van der Waals surface area contributed by atoms with Crippen molar-refractivity contribution in [2.75, 3.05) is 34.4 Å². The molecule has 0 bridgehead atoms. The molecule has 2 aromatic heterocycles. The number of nitrogens with one attached hydrogen (secondary N) is 5. The summed E-state index contributed by atoms with van der Waals surface area (Å²) in [7, 11) is 4.10. The Hall–Kier alpha value is -8.26. The smallest absolute Gasteiger partial charge is 0.408 e. The van der Waals surface area contributed by atoms with E-state index in [2.05, 4.69) is 47.2 Å². The van der Waals surface area contributed by atoms with Gasteiger partial charge in [-0.1, -0.05) is 24.3 Å². The molecule has 2 heterocycles. The molecule has 3 atom stereocenters. The number of carbonyl (C=O) groups is 6. The minimum Gasteiger partial charge on any atom is -0.497 e. The Morgan fingerprint density at radius 1 is 0.716 bits per heavy atom. The van der Waals surface area contributed by atoms with Gasteiger partial charge in [-0.15, -0.1) is 10.2 Å². The number of benzene rings is 2. The van der Waals surface area contributed by atoms with Crippen LogP contribution in [0.1, 0.15) is 41.0 Å². The number of nitro groups is 2. The number of esters is 1. The highest BCUT2D eigenvalue weighted by molar-refractivity contribution is 5.93. The summed E-state index contributed by atoms with van der Waals surface area (Å²) < 4.78 is 23.2. The second-order valence-electron chi connectivity index (χ2n) is 16.0. The molecule has 67 heavy (non-hydrogen) atoms. The lowest BCUT2D eigenvalue weighted by Gasteiger charge is -2.23. The van der Waals surface area contributed by atoms with Crippen molar-refractivity contribution >= 4 is 47.1 Å². The predicted octanol–water partition coefficient (Wildman–Crippen LogP) is 1.05. The monoisotopic (exact) mass is 937 g/mol. The highest BCUT2D eigenvalue weighted by Gasteiger charge is 2.30. The Morgan fingerprint density at radius 2 is 1.30 bits per heavy atom. The van der Waals surface area contributed by atoms with E-state index in [1.165, 1.54) is 31.3 Å². The number of nitro benzene ring substituents is 2. The molecule has 360 valence electrons. The maximum atomic E-state index is 13.7. The number of alkyl carbamates (subject to hydrolysis) is 1. The summed E-state index contributed by atoms with van der Waals surface area (Å²) >= 11 is 0. The van der Waals surface area contributed by atoms with Crippen LogP contribution >= 0.6 is 0 Å². The van der Waals surface area contributed by atoms with Crippen LogP contribution in [0, 0.1) is 26.1 Å². The number of methoxy groups -OCH3 is 3. The molecule has 0 saturated carbocycles. The van der Waals surface area contributed by atoms with Crippen molar-refractivity contribution in [3.8, 4) is 34.0 Å². The summed E-state index contributed by atoms with van der Waals surface area (Å²) in [4.78, 5) is 100.0. The molecule has 27 nitrogen and oxygen atoms in total. The number of rotatable bonds is 22. The lowest BCUT2D eigenvalue weighted by atomic mass is 10.0. The molecule has 5 amide bonds. The Kier molecular flexibility index (Phi) is 17.7. The number of amides is 5. The fourth-order valence-electron chi connectivity index (χ4n) is 6.08. The summed E-state index contributed by atoms with van der Waals surface area (Å²) in [6.07, 6.45) is 1.92. The number of hydrogen-bond donors (Lipinski definition) is 5. The van der Waals surface area contributed by atoms with Gasteiger partial charge < -0.3 is 45.5 Å². The Morgan fingerprint density at radius 3 is 1.85 bits per heavy atom. The standard InChI is InChI=1S/C40H51N13O14/c1-22(2)11-28(38(58)66-8)44-37(57)32(21-51-19-30(47-49-51)27-10-9-24(52(60)61)14-33(27)53(62)63)43-35(55)17-41-34(54)16-42-36(56)31(45-39(59)67-40(3,4)5)20-50-18-29(46-48-50)23-12-25(64-6)15-26(13-23)65-7/h9-10,12-15,18-19,22,28,31-32H,11,16-17,20-21H2,1-8H3,(H,41,54)(H,42,56)(H,43,55)(H,44,57)(H,45,59)/t28-,31-,32-/m0/s1. The van der Waals surface area contributed by atoms with Crippen LogP contribution in [-0.2, 0) is 46.5 Å². The van der Waals surface area contributed by atoms with E-state index in [1.54, 1.807) is 52.8 Å². The van der Waals surface area contributed by atoms with Crippen LogP contribution in [0.4, 0.5) is 16.2 Å². The van der Waals surface area contributed by atoms with E-state index in [4.69, 9.17) is 18.9 Å². The Balaban J connectivity index is 1.46. The second-order valence-corrected chi connectivity index (χ2v) is 16.0. The van der Waals surface area contributed by atoms with Gasteiger partial charge in [0.2, 0.25) is 23.6 Å². The highest BCUT2D eigenvalue weighted by Crippen LogP contribution is 2.32. The van der Waals surface area contributed by atoms with Crippen molar-refractivity contribution in [2.24, 2.45) is 5.92 Å². The number of carbonyl (C=O) groups excluding carboxylic acids is 6. The first-order chi connectivity index (χ1) is 31.6. The van der Waals surface area contributed by atoms with E-state index in [9.17, 15) is 49.0 Å². The van der Waals surface area contributed by atoms with E-state index in [1.807, 2.05) is 0 Å². The maximum Gasteiger partial charge on any atom is 0.408 e. The molecule has 0 aliphatic rings. The summed E-state index contributed by atoms with van der Waals surface area (Å²) in [5.41, 5.74) is -1.38. The minimum absolute atomic E-state index is 0.0860. The van der Waals surface area contributed by atoms with Gasteiger partial charge >= 0.3 is 12.1 Å². The van der Waals surface area contributed by atoms with Crippen LogP contribution in [0.5, 0.6) is 11.5 Å². The van der Waals surface area contributed by atoms with Gasteiger partial charge in [-0.3, -0.25) is 39.4 Å². The lowest BCUT2D eigenvalue weighted by Crippen LogP contribution is -2.55. The molecule has 0 aliphatic heterocycles. The Labute approximate surface area is 381 Å². The maximum absolute atomic E-state index is 13.7. The predicted molar refractivity (Wildman–Crippen MR) is 232 cm³/mol. The van der Waals surface area contributed by atoms with Gasteiger partial charge in [0.1, 0.15) is 46.6 Å². The molecule has 0 fully saturated rings. The van der Waals surface area contributed by atoms with Crippen molar-refractivity contribution in [3.05, 3.63) is 69.0 Å². The number of nitrogens with zero attached hydrogens (tertiary/aromatic N) is 8. The van der Waals surface area contributed by atoms with E-state index in [-0.39, 0.29) is 30.1 Å². The van der Waals surface area contributed by atoms with E-state index >= 15 is 0 Å². The molecule has 4 rings (SSSR count). The van der Waals surface area contributed by atoms with Gasteiger partial charge in [-0.05, 0) is 51.3 Å². The lowest BCUT2D eigenvalue weighted by molar-refractivity contribution is -0.393. The third kappa shape index (κ3) is 15.5. The summed E-state index contributed by atoms with van der Waals surface area (Å²) in [5.74, 6) is -3.37. The molecule has 4 aromatic rings. The van der Waals surface area contributed by atoms with Crippen LogP contribution in [0.25, 0.3) is 22.5 Å². The molecule has 0 unspecified atom stereocenters. The van der Waals surface area contributed by atoms with Gasteiger partial charge in [0.15, 0.2) is 0 Å². The van der Waals surface area contributed by atoms with Crippen LogP contribution in [0.3, 0.4) is 0 Å². The van der Waals surface area contributed by atoms with Crippen molar-refractivity contribution in [2.45, 2.75) is 77.9 Å². The zero-order chi connectivity index (χ0) is 49.6. The average molecular weight is 938 g/mol. The molecule has 0 radical (unpaired) electrons. The first-order valence-corrected chi connectivity index (χ1v) is 20.3. The van der Waals surface area contributed by atoms with Gasteiger partial charge in [0.25, 0.3) is 11.4 Å². The topological polar surface area (TPSA) is 347 Å². The fourth-order valence-corrected chi connectivity index (χ4v) is 6.08. The van der Waals surface area contributed by atoms with Crippen molar-refractivity contribution < 1.29 is 57.6 Å². The van der Waals surface area contributed by atoms with Gasteiger partial charge in [-0.2, -0.15) is 0 Å². The summed E-state index contributed by atoms with van der Waals surface area (Å²) in [5, 5.41) is 51.2. The van der Waals surface area contributed by atoms with Crippen molar-refractivity contribution in [1.29, 1.82) is 0 Å². The van der Waals surface area contributed by atoms with E-state index < -0.39 is 100 Å². The third-order valence-corrected chi connectivity index (χ3v) is 9.17. The zero-order valence-electron chi connectivity index (χ0n) is 37.8. The highest BCUT2D eigenvalue weighted by atomic mass is 16.6. The van der Waals surface area contributed by atoms with Gasteiger partial charge in [0, 0.05) is 17.7 Å². The fraction of sp³-hybridized carbons (Fsp3) is 0.450. The summed E-state index contributed by atoms with van der Waals surface area (Å²) in [6.45, 7) is 6.34. The molecular formula is C40H51N13O14. The van der Waals surface area contributed by atoms with Gasteiger partial charge in [-0.25, -0.2) is 19.0 Å². The largest absolute Gasteiger partial charge is 0.497 e.